The van der Waals surface area contributed by atoms with Crippen LogP contribution in [0.25, 0.3) is 11.1 Å². The molecule has 1 N–H and O–H groups in total. The highest BCUT2D eigenvalue weighted by Crippen LogP contribution is 2.41. The molecule has 0 aromatic heterocycles. The summed E-state index contributed by atoms with van der Waals surface area (Å²) in [7, 11) is 0. The van der Waals surface area contributed by atoms with Crippen molar-refractivity contribution >= 4 is 11.4 Å². The lowest BCUT2D eigenvalue weighted by Crippen LogP contribution is -2.36. The van der Waals surface area contributed by atoms with Crippen molar-refractivity contribution in [3.05, 3.63) is 47.5 Å². The van der Waals surface area contributed by atoms with Crippen molar-refractivity contribution in [3.8, 4) is 11.1 Å². The molecule has 0 radical (unpaired) electrons. The minimum absolute atomic E-state index is 0.319. The number of benzene rings is 2. The second-order valence-corrected chi connectivity index (χ2v) is 8.84. The maximum absolute atomic E-state index is 3.75. The fourth-order valence-electron chi connectivity index (χ4n) is 3.99. The zero-order valence-corrected chi connectivity index (χ0v) is 16.0. The third kappa shape index (κ3) is 3.15. The fourth-order valence-corrected chi connectivity index (χ4v) is 3.99. The van der Waals surface area contributed by atoms with Gasteiger partial charge in [0.05, 0.1) is 0 Å². The van der Waals surface area contributed by atoms with Gasteiger partial charge in [-0.15, -0.1) is 0 Å². The summed E-state index contributed by atoms with van der Waals surface area (Å²) in [6.07, 6.45) is 2.47. The summed E-state index contributed by atoms with van der Waals surface area (Å²) in [5.74, 6) is 0.549. The first-order chi connectivity index (χ1) is 11.9. The zero-order valence-electron chi connectivity index (χ0n) is 16.0. The monoisotopic (exact) mass is 334 g/mol. The Labute approximate surface area is 152 Å². The quantitative estimate of drug-likeness (QED) is 0.776. The SMILES string of the molecule is CC(C)c1cc2c(c(-c3cccc(N4CCC4)c3)c1)NCC(C)(C)C2. The molecule has 2 heterocycles. The molecule has 132 valence electrons. The molecule has 2 aliphatic rings. The molecule has 2 heteroatoms. The van der Waals surface area contributed by atoms with Crippen LogP contribution < -0.4 is 10.2 Å². The van der Waals surface area contributed by atoms with Crippen LogP contribution in [-0.4, -0.2) is 19.6 Å². The summed E-state index contributed by atoms with van der Waals surface area (Å²) >= 11 is 0. The van der Waals surface area contributed by atoms with Crippen molar-refractivity contribution in [2.45, 2.75) is 46.5 Å². The van der Waals surface area contributed by atoms with Crippen LogP contribution in [-0.2, 0) is 6.42 Å². The molecule has 0 aliphatic carbocycles. The molecule has 4 rings (SSSR count). The molecule has 1 saturated heterocycles. The molecule has 2 aliphatic heterocycles. The lowest BCUT2D eigenvalue weighted by Gasteiger charge is -2.35. The largest absolute Gasteiger partial charge is 0.384 e. The van der Waals surface area contributed by atoms with E-state index in [1.54, 1.807) is 0 Å². The summed E-state index contributed by atoms with van der Waals surface area (Å²) in [6.45, 7) is 12.7. The lowest BCUT2D eigenvalue weighted by atomic mass is 9.79. The van der Waals surface area contributed by atoms with Crippen LogP contribution in [0.5, 0.6) is 0 Å². The summed E-state index contributed by atoms with van der Waals surface area (Å²) in [6, 6.07) is 13.9. The number of fused-ring (bicyclic) bond motifs is 1. The van der Waals surface area contributed by atoms with Crippen LogP contribution in [0, 0.1) is 5.41 Å². The Morgan fingerprint density at radius 2 is 1.88 bits per heavy atom. The summed E-state index contributed by atoms with van der Waals surface area (Å²) < 4.78 is 0. The third-order valence-electron chi connectivity index (χ3n) is 5.70. The van der Waals surface area contributed by atoms with Gasteiger partial charge in [-0.05, 0) is 59.1 Å². The number of nitrogens with one attached hydrogen (secondary N) is 1. The van der Waals surface area contributed by atoms with E-state index in [4.69, 9.17) is 0 Å². The highest BCUT2D eigenvalue weighted by molar-refractivity contribution is 5.83. The van der Waals surface area contributed by atoms with Gasteiger partial charge >= 0.3 is 0 Å². The number of anilines is 2. The van der Waals surface area contributed by atoms with E-state index in [1.807, 2.05) is 0 Å². The van der Waals surface area contributed by atoms with Crippen LogP contribution in [0.15, 0.2) is 36.4 Å². The molecular formula is C23H30N2. The molecule has 2 aromatic carbocycles. The Bertz CT molecular complexity index is 785. The number of rotatable bonds is 3. The van der Waals surface area contributed by atoms with Crippen LogP contribution in [0.2, 0.25) is 0 Å². The number of hydrogen-bond acceptors (Lipinski definition) is 2. The molecule has 0 saturated carbocycles. The van der Waals surface area contributed by atoms with Crippen LogP contribution >= 0.6 is 0 Å². The average Bonchev–Trinajstić information content (AvgIpc) is 2.51. The molecule has 2 nitrogen and oxygen atoms in total. The molecule has 25 heavy (non-hydrogen) atoms. The molecule has 0 unspecified atom stereocenters. The van der Waals surface area contributed by atoms with Gasteiger partial charge in [-0.25, -0.2) is 0 Å². The molecule has 2 aromatic rings. The van der Waals surface area contributed by atoms with Gasteiger partial charge in [0.2, 0.25) is 0 Å². The minimum atomic E-state index is 0.319. The van der Waals surface area contributed by atoms with Crippen molar-refractivity contribution < 1.29 is 0 Å². The van der Waals surface area contributed by atoms with Gasteiger partial charge in [0.15, 0.2) is 0 Å². The van der Waals surface area contributed by atoms with Gasteiger partial charge in [-0.3, -0.25) is 0 Å². The van der Waals surface area contributed by atoms with Gasteiger partial charge in [-0.2, -0.15) is 0 Å². The highest BCUT2D eigenvalue weighted by atomic mass is 15.2. The average molecular weight is 335 g/mol. The summed E-state index contributed by atoms with van der Waals surface area (Å²) in [4.78, 5) is 2.47. The molecule has 0 amide bonds. The van der Waals surface area contributed by atoms with Gasteiger partial charge in [-0.1, -0.05) is 45.9 Å². The Hall–Kier alpha value is -1.96. The smallest absolute Gasteiger partial charge is 0.0453 e. The van der Waals surface area contributed by atoms with Gasteiger partial charge in [0.25, 0.3) is 0 Å². The third-order valence-corrected chi connectivity index (χ3v) is 5.70. The maximum Gasteiger partial charge on any atom is 0.0453 e. The predicted octanol–water partition coefficient (Wildman–Crippen LogP) is 5.68. The van der Waals surface area contributed by atoms with E-state index < -0.39 is 0 Å². The molecular weight excluding hydrogens is 304 g/mol. The first-order valence-electron chi connectivity index (χ1n) is 9.69. The Morgan fingerprint density at radius 1 is 1.08 bits per heavy atom. The Balaban J connectivity index is 1.82. The van der Waals surface area contributed by atoms with Gasteiger partial charge in [0.1, 0.15) is 0 Å². The van der Waals surface area contributed by atoms with Crippen LogP contribution in [0.1, 0.15) is 51.2 Å². The van der Waals surface area contributed by atoms with Crippen molar-refractivity contribution in [2.24, 2.45) is 5.41 Å². The zero-order chi connectivity index (χ0) is 17.6. The predicted molar refractivity (Wildman–Crippen MR) is 109 cm³/mol. The normalized spacial score (nSPS) is 18.5. The first-order valence-corrected chi connectivity index (χ1v) is 9.69. The Kier molecular flexibility index (Phi) is 4.02. The van der Waals surface area contributed by atoms with E-state index >= 15 is 0 Å². The second kappa shape index (κ2) is 6.09. The topological polar surface area (TPSA) is 15.3 Å². The van der Waals surface area contributed by atoms with Crippen molar-refractivity contribution in [3.63, 3.8) is 0 Å². The van der Waals surface area contributed by atoms with E-state index in [0.717, 1.165) is 13.0 Å². The molecule has 1 fully saturated rings. The number of nitrogens with zero attached hydrogens (tertiary/aromatic N) is 1. The Morgan fingerprint density at radius 3 is 2.56 bits per heavy atom. The summed E-state index contributed by atoms with van der Waals surface area (Å²) in [5, 5.41) is 3.75. The van der Waals surface area contributed by atoms with Crippen molar-refractivity contribution in [1.29, 1.82) is 0 Å². The van der Waals surface area contributed by atoms with E-state index in [9.17, 15) is 0 Å². The van der Waals surface area contributed by atoms with E-state index in [1.165, 1.54) is 53.1 Å². The van der Waals surface area contributed by atoms with Crippen LogP contribution in [0.3, 0.4) is 0 Å². The lowest BCUT2D eigenvalue weighted by molar-refractivity contribution is 0.379. The summed E-state index contributed by atoms with van der Waals surface area (Å²) in [5.41, 5.74) is 8.68. The highest BCUT2D eigenvalue weighted by Gasteiger charge is 2.27. The van der Waals surface area contributed by atoms with Crippen molar-refractivity contribution in [1.82, 2.24) is 0 Å². The van der Waals surface area contributed by atoms with E-state index in [2.05, 4.69) is 74.3 Å². The maximum atomic E-state index is 3.75. The minimum Gasteiger partial charge on any atom is -0.384 e. The molecule has 0 bridgehead atoms. The van der Waals surface area contributed by atoms with Gasteiger partial charge < -0.3 is 10.2 Å². The second-order valence-electron chi connectivity index (χ2n) is 8.84. The molecule has 0 atom stereocenters. The van der Waals surface area contributed by atoms with Crippen LogP contribution in [0.4, 0.5) is 11.4 Å². The van der Waals surface area contributed by atoms with Gasteiger partial charge in [0, 0.05) is 36.6 Å². The first kappa shape index (κ1) is 16.5. The molecule has 0 spiro atoms. The standard InChI is InChI=1S/C23H30N2/c1-16(2)18-11-19-14-23(3,4)15-24-22(19)21(13-18)17-7-5-8-20(12-17)25-9-6-10-25/h5,7-8,11-13,16,24H,6,9-10,14-15H2,1-4H3. The van der Waals surface area contributed by atoms with Crippen molar-refractivity contribution in [2.75, 3.05) is 29.9 Å². The van der Waals surface area contributed by atoms with E-state index in [0.29, 0.717) is 11.3 Å². The fraction of sp³-hybridized carbons (Fsp3) is 0.478. The van der Waals surface area contributed by atoms with E-state index in [-0.39, 0.29) is 0 Å². The number of hydrogen-bond donors (Lipinski definition) is 1.